The summed E-state index contributed by atoms with van der Waals surface area (Å²) in [6, 6.07) is 9.99. The Labute approximate surface area is 270 Å². The lowest BCUT2D eigenvalue weighted by atomic mass is 10.1. The maximum absolute atomic E-state index is 15.1. The number of ether oxygens (including phenoxy) is 2. The van der Waals surface area contributed by atoms with E-state index in [-0.39, 0.29) is 45.1 Å². The zero-order valence-electron chi connectivity index (χ0n) is 24.5. The molecule has 2 aromatic carbocycles. The first-order valence-corrected chi connectivity index (χ1v) is 14.6. The molecular formula is C29H22F7N7O4S. The van der Waals surface area contributed by atoms with Crippen molar-refractivity contribution >= 4 is 40.2 Å². The first-order valence-electron chi connectivity index (χ1n) is 13.6. The summed E-state index contributed by atoms with van der Waals surface area (Å²) in [6.45, 7) is -1.74. The van der Waals surface area contributed by atoms with Crippen LogP contribution in [0.25, 0.3) is 17.1 Å². The van der Waals surface area contributed by atoms with Gasteiger partial charge >= 0.3 is 18.4 Å². The number of amides is 3. The minimum atomic E-state index is -4.55. The van der Waals surface area contributed by atoms with Gasteiger partial charge in [-0.1, -0.05) is 23.9 Å². The second kappa shape index (κ2) is 14.0. The van der Waals surface area contributed by atoms with Crippen LogP contribution in [0, 0.1) is 12.7 Å². The molecule has 4 aromatic rings. The molecule has 5 rings (SSSR count). The first kappa shape index (κ1) is 34.3. The van der Waals surface area contributed by atoms with E-state index in [1.807, 2.05) is 0 Å². The highest BCUT2D eigenvalue weighted by Crippen LogP contribution is 2.32. The van der Waals surface area contributed by atoms with E-state index in [0.717, 1.165) is 22.7 Å². The Bertz CT molecular complexity index is 1850. The van der Waals surface area contributed by atoms with Crippen LogP contribution in [0.1, 0.15) is 11.1 Å². The van der Waals surface area contributed by atoms with Crippen LogP contribution in [0.15, 0.2) is 66.0 Å². The van der Waals surface area contributed by atoms with Crippen molar-refractivity contribution in [3.05, 3.63) is 78.0 Å². The topological polar surface area (TPSA) is 124 Å². The van der Waals surface area contributed by atoms with Crippen molar-refractivity contribution in [1.29, 1.82) is 0 Å². The number of benzene rings is 2. The highest BCUT2D eigenvalue weighted by Gasteiger charge is 2.33. The lowest BCUT2D eigenvalue weighted by Crippen LogP contribution is -2.31. The van der Waals surface area contributed by atoms with Crippen LogP contribution in [0.5, 0.6) is 5.88 Å². The number of anilines is 2. The lowest BCUT2D eigenvalue weighted by Gasteiger charge is -2.21. The van der Waals surface area contributed by atoms with Gasteiger partial charge in [-0.3, -0.25) is 9.69 Å². The first-order chi connectivity index (χ1) is 22.6. The van der Waals surface area contributed by atoms with Crippen LogP contribution in [-0.2, 0) is 16.1 Å². The van der Waals surface area contributed by atoms with Gasteiger partial charge in [-0.25, -0.2) is 23.8 Å². The van der Waals surface area contributed by atoms with Gasteiger partial charge in [0, 0.05) is 17.2 Å². The number of amidine groups is 1. The van der Waals surface area contributed by atoms with Crippen molar-refractivity contribution in [1.82, 2.24) is 19.7 Å². The van der Waals surface area contributed by atoms with Gasteiger partial charge in [-0.2, -0.15) is 31.3 Å². The molecule has 2 aromatic heterocycles. The molecule has 252 valence electrons. The zero-order chi connectivity index (χ0) is 34.6. The van der Waals surface area contributed by atoms with Gasteiger partial charge in [0.05, 0.1) is 35.6 Å². The van der Waals surface area contributed by atoms with Gasteiger partial charge in [0.15, 0.2) is 17.6 Å². The number of nitrogens with zero attached hydrogens (tertiary/aromatic N) is 6. The third-order valence-corrected chi connectivity index (χ3v) is 7.22. The molecule has 48 heavy (non-hydrogen) atoms. The third-order valence-electron chi connectivity index (χ3n) is 6.30. The molecule has 1 aliphatic rings. The van der Waals surface area contributed by atoms with Crippen LogP contribution in [0.2, 0.25) is 0 Å². The Balaban J connectivity index is 1.27. The number of aliphatic imine (C=N–C) groups is 1. The van der Waals surface area contributed by atoms with Crippen molar-refractivity contribution in [2.45, 2.75) is 25.9 Å². The number of carbonyl (C=O) groups excluding carboxylic acids is 2. The Morgan fingerprint density at radius 3 is 2.48 bits per heavy atom. The highest BCUT2D eigenvalue weighted by atomic mass is 32.2. The molecule has 1 aliphatic heterocycles. The van der Waals surface area contributed by atoms with E-state index in [4.69, 9.17) is 4.74 Å². The minimum Gasteiger partial charge on any atom is -0.468 e. The number of thioether (sulfide) groups is 1. The molecule has 19 heteroatoms. The number of hydrogen-bond acceptors (Lipinski definition) is 8. The zero-order valence-corrected chi connectivity index (χ0v) is 25.3. The average molecular weight is 698 g/mol. The predicted octanol–water partition coefficient (Wildman–Crippen LogP) is 6.46. The molecule has 1 saturated heterocycles. The van der Waals surface area contributed by atoms with Gasteiger partial charge in [0.2, 0.25) is 11.8 Å². The minimum absolute atomic E-state index is 0.0682. The Morgan fingerprint density at radius 2 is 1.79 bits per heavy atom. The van der Waals surface area contributed by atoms with Crippen LogP contribution in [0.4, 0.5) is 46.9 Å². The highest BCUT2D eigenvalue weighted by molar-refractivity contribution is 8.15. The van der Waals surface area contributed by atoms with Crippen molar-refractivity contribution in [3.8, 4) is 23.0 Å². The van der Waals surface area contributed by atoms with E-state index in [0.29, 0.717) is 11.3 Å². The van der Waals surface area contributed by atoms with Gasteiger partial charge in [-0.05, 0) is 42.8 Å². The van der Waals surface area contributed by atoms with Gasteiger partial charge in [0.1, 0.15) is 18.8 Å². The normalized spacial score (nSPS) is 14.5. The number of alkyl halides is 6. The molecule has 0 atom stereocenters. The fourth-order valence-corrected chi connectivity index (χ4v) is 5.08. The van der Waals surface area contributed by atoms with Crippen LogP contribution < -0.4 is 15.0 Å². The van der Waals surface area contributed by atoms with Crippen LogP contribution in [-0.4, -0.2) is 68.2 Å². The third kappa shape index (κ3) is 8.85. The van der Waals surface area contributed by atoms with E-state index in [1.165, 1.54) is 47.5 Å². The summed E-state index contributed by atoms with van der Waals surface area (Å²) in [6.07, 6.45) is -6.58. The second-order valence-electron chi connectivity index (χ2n) is 10.0. The molecule has 0 spiro atoms. The number of pyridine rings is 1. The molecule has 1 N–H and O–H groups in total. The number of carbonyl (C=O) groups is 2. The van der Waals surface area contributed by atoms with Crippen molar-refractivity contribution in [2.24, 2.45) is 4.99 Å². The molecule has 0 unspecified atom stereocenters. The van der Waals surface area contributed by atoms with E-state index in [2.05, 4.69) is 30.1 Å². The number of aryl methyl sites for hydroxylation is 1. The van der Waals surface area contributed by atoms with E-state index in [1.54, 1.807) is 19.1 Å². The predicted molar refractivity (Wildman–Crippen MR) is 159 cm³/mol. The van der Waals surface area contributed by atoms with E-state index < -0.39 is 49.9 Å². The summed E-state index contributed by atoms with van der Waals surface area (Å²) in [5.41, 5.74) is 1.43. The molecule has 3 heterocycles. The molecule has 3 amide bonds. The number of rotatable bonds is 9. The average Bonchev–Trinajstić information content (AvgIpc) is 3.64. The molecule has 0 saturated carbocycles. The largest absolute Gasteiger partial charge is 0.468 e. The Kier molecular flexibility index (Phi) is 9.99. The smallest absolute Gasteiger partial charge is 0.422 e. The van der Waals surface area contributed by atoms with Gasteiger partial charge < -0.3 is 14.8 Å². The maximum Gasteiger partial charge on any atom is 0.422 e. The van der Waals surface area contributed by atoms with E-state index >= 15 is 4.39 Å². The van der Waals surface area contributed by atoms with Gasteiger partial charge in [-0.15, -0.1) is 5.10 Å². The Hall–Kier alpha value is -5.04. The maximum atomic E-state index is 15.1. The fraction of sp³-hybridized carbons (Fsp3) is 0.241. The lowest BCUT2D eigenvalue weighted by molar-refractivity contribution is -0.176. The summed E-state index contributed by atoms with van der Waals surface area (Å²) < 4.78 is 101. The summed E-state index contributed by atoms with van der Waals surface area (Å²) in [5.74, 6) is -1.62. The number of nitrogens with one attached hydrogen (secondary N) is 1. The van der Waals surface area contributed by atoms with E-state index in [9.17, 15) is 35.9 Å². The standard InChI is InChI=1S/C29H22F7N7O4S/c1-16-2-3-18(11-46-13-28(31,32)33)22(8-16)43-24(44)12-48-27(43)40-26(45)39-21-6-4-17(9-20(21)30)25-38-15-42(41-25)19-5-7-23(37-10-19)47-14-29(34,35)36/h2-10,15H,11-14H2,1H3,(H,39,45). The SMILES string of the molecule is Cc1ccc(COCC(F)(F)F)c(N2C(=O)CSC2=NC(=O)Nc2ccc(-c3ncn(-c4ccc(OCC(F)(F)F)nc4)n3)cc2F)c1. The monoisotopic (exact) mass is 697 g/mol. The number of hydrogen-bond donors (Lipinski definition) is 1. The fourth-order valence-electron chi connectivity index (χ4n) is 4.22. The molecule has 0 aliphatic carbocycles. The number of urea groups is 1. The summed E-state index contributed by atoms with van der Waals surface area (Å²) >= 11 is 0.919. The quantitative estimate of drug-likeness (QED) is 0.198. The molecule has 0 bridgehead atoms. The van der Waals surface area contributed by atoms with Crippen molar-refractivity contribution in [3.63, 3.8) is 0 Å². The van der Waals surface area contributed by atoms with Gasteiger partial charge in [0.25, 0.3) is 0 Å². The molecule has 11 nitrogen and oxygen atoms in total. The second-order valence-corrected chi connectivity index (χ2v) is 11.0. The van der Waals surface area contributed by atoms with Crippen LogP contribution in [0.3, 0.4) is 0 Å². The van der Waals surface area contributed by atoms with Crippen molar-refractivity contribution < 1.29 is 49.8 Å². The Morgan fingerprint density at radius 1 is 1.02 bits per heavy atom. The summed E-state index contributed by atoms with van der Waals surface area (Å²) in [7, 11) is 0. The summed E-state index contributed by atoms with van der Waals surface area (Å²) in [4.78, 5) is 38.5. The molecule has 0 radical (unpaired) electrons. The molecular weight excluding hydrogens is 675 g/mol. The molecule has 1 fully saturated rings. The number of halogens is 7. The van der Waals surface area contributed by atoms with Crippen LogP contribution >= 0.6 is 11.8 Å². The van der Waals surface area contributed by atoms with Crippen molar-refractivity contribution in [2.75, 3.05) is 29.2 Å². The number of aromatic nitrogens is 4. The summed E-state index contributed by atoms with van der Waals surface area (Å²) in [5, 5.41) is 6.45.